The van der Waals surface area contributed by atoms with Gasteiger partial charge in [-0.3, -0.25) is 4.79 Å². The number of ketones is 1. The van der Waals surface area contributed by atoms with Gasteiger partial charge in [-0.2, -0.15) is 8.78 Å². The number of anilines is 1. The van der Waals surface area contributed by atoms with Gasteiger partial charge >= 0.3 is 6.61 Å². The summed E-state index contributed by atoms with van der Waals surface area (Å²) in [5, 5.41) is 0. The van der Waals surface area contributed by atoms with Gasteiger partial charge in [0.1, 0.15) is 5.75 Å². The van der Waals surface area contributed by atoms with Crippen LogP contribution in [0.2, 0.25) is 0 Å². The van der Waals surface area contributed by atoms with E-state index >= 15 is 0 Å². The average Bonchev–Trinajstić information content (AvgIpc) is 2.09. The van der Waals surface area contributed by atoms with Crippen LogP contribution in [0.5, 0.6) is 5.75 Å². The van der Waals surface area contributed by atoms with Gasteiger partial charge in [0, 0.05) is 17.3 Å². The topological polar surface area (TPSA) is 52.3 Å². The first-order valence-corrected chi connectivity index (χ1v) is 4.76. The van der Waals surface area contributed by atoms with Crippen LogP contribution in [0.25, 0.3) is 0 Å². The first-order chi connectivity index (χ1) is 6.91. The molecule has 6 heteroatoms. The molecule has 0 radical (unpaired) electrons. The number of carbonyl (C=O) groups is 1. The molecule has 0 atom stereocenters. The third-order valence-corrected chi connectivity index (χ3v) is 2.32. The van der Waals surface area contributed by atoms with E-state index in [1.807, 2.05) is 0 Å². The second-order valence-electron chi connectivity index (χ2n) is 2.80. The molecule has 0 fully saturated rings. The predicted octanol–water partition coefficient (Wildman–Crippen LogP) is 2.84. The first-order valence-electron chi connectivity index (χ1n) is 3.96. The molecule has 0 aliphatic heterocycles. The van der Waals surface area contributed by atoms with Gasteiger partial charge in [-0.05, 0) is 28.9 Å². The second kappa shape index (κ2) is 4.57. The van der Waals surface area contributed by atoms with E-state index in [4.69, 9.17) is 5.73 Å². The fourth-order valence-electron chi connectivity index (χ4n) is 1.06. The number of benzene rings is 1. The fraction of sp³-hybridized carbons (Fsp3) is 0.222. The van der Waals surface area contributed by atoms with Crippen LogP contribution in [-0.2, 0) is 0 Å². The summed E-state index contributed by atoms with van der Waals surface area (Å²) in [5.41, 5.74) is 5.88. The molecule has 2 N–H and O–H groups in total. The van der Waals surface area contributed by atoms with Crippen molar-refractivity contribution in [2.24, 2.45) is 0 Å². The van der Waals surface area contributed by atoms with E-state index < -0.39 is 6.61 Å². The molecule has 0 aromatic heterocycles. The SMILES string of the molecule is CC(=O)c1cc(Br)c(OC(F)F)cc1N. The van der Waals surface area contributed by atoms with E-state index in [0.717, 1.165) is 0 Å². The van der Waals surface area contributed by atoms with E-state index in [2.05, 4.69) is 20.7 Å². The zero-order valence-corrected chi connectivity index (χ0v) is 9.35. The van der Waals surface area contributed by atoms with Crippen molar-refractivity contribution in [3.8, 4) is 5.75 Å². The molecule has 0 amide bonds. The van der Waals surface area contributed by atoms with Crippen LogP contribution in [0.1, 0.15) is 17.3 Å². The third-order valence-electron chi connectivity index (χ3n) is 1.70. The normalized spacial score (nSPS) is 10.5. The van der Waals surface area contributed by atoms with Crippen LogP contribution in [0.3, 0.4) is 0 Å². The summed E-state index contributed by atoms with van der Waals surface area (Å²) < 4.78 is 28.3. The Bertz CT molecular complexity index is 396. The lowest BCUT2D eigenvalue weighted by molar-refractivity contribution is -0.0503. The maximum absolute atomic E-state index is 11.9. The Balaban J connectivity index is 3.13. The summed E-state index contributed by atoms with van der Waals surface area (Å²) in [7, 11) is 0. The zero-order chi connectivity index (χ0) is 11.6. The van der Waals surface area contributed by atoms with Crippen LogP contribution in [0, 0.1) is 0 Å². The maximum Gasteiger partial charge on any atom is 0.387 e. The highest BCUT2D eigenvalue weighted by atomic mass is 79.9. The number of hydrogen-bond acceptors (Lipinski definition) is 3. The zero-order valence-electron chi connectivity index (χ0n) is 7.76. The van der Waals surface area contributed by atoms with Crippen molar-refractivity contribution < 1.29 is 18.3 Å². The largest absolute Gasteiger partial charge is 0.434 e. The van der Waals surface area contributed by atoms with Gasteiger partial charge in [0.25, 0.3) is 0 Å². The lowest BCUT2D eigenvalue weighted by Gasteiger charge is -2.09. The fourth-order valence-corrected chi connectivity index (χ4v) is 1.50. The standard InChI is InChI=1S/C9H8BrF2NO2/c1-4(14)5-2-6(10)8(3-7(5)13)15-9(11)12/h2-3,9H,13H2,1H3. The molecular formula is C9H8BrF2NO2. The Labute approximate surface area is 93.3 Å². The summed E-state index contributed by atoms with van der Waals surface area (Å²) in [6.45, 7) is -1.59. The van der Waals surface area contributed by atoms with Gasteiger partial charge in [-0.1, -0.05) is 0 Å². The molecular weight excluding hydrogens is 272 g/mol. The highest BCUT2D eigenvalue weighted by Crippen LogP contribution is 2.31. The number of hydrogen-bond donors (Lipinski definition) is 1. The van der Waals surface area contributed by atoms with Gasteiger partial charge in [0.15, 0.2) is 5.78 Å². The molecule has 0 aliphatic rings. The molecule has 0 saturated heterocycles. The van der Waals surface area contributed by atoms with E-state index in [1.54, 1.807) is 0 Å². The van der Waals surface area contributed by atoms with Crippen LogP contribution >= 0.6 is 15.9 Å². The molecule has 1 rings (SSSR count). The number of nitrogens with two attached hydrogens (primary N) is 1. The molecule has 0 bridgehead atoms. The first kappa shape index (κ1) is 11.9. The van der Waals surface area contributed by atoms with Crippen molar-refractivity contribution in [2.45, 2.75) is 13.5 Å². The molecule has 1 aromatic rings. The predicted molar refractivity (Wildman–Crippen MR) is 55.2 cm³/mol. The third kappa shape index (κ3) is 2.89. The summed E-state index contributed by atoms with van der Waals surface area (Å²) >= 11 is 3.01. The highest BCUT2D eigenvalue weighted by molar-refractivity contribution is 9.10. The van der Waals surface area contributed by atoms with Crippen molar-refractivity contribution in [3.05, 3.63) is 22.2 Å². The minimum atomic E-state index is -2.93. The Morgan fingerprint density at radius 1 is 1.53 bits per heavy atom. The quantitative estimate of drug-likeness (QED) is 0.684. The van der Waals surface area contributed by atoms with Crippen molar-refractivity contribution >= 4 is 27.4 Å². The van der Waals surface area contributed by atoms with Gasteiger partial charge in [0.2, 0.25) is 0 Å². The summed E-state index contributed by atoms with van der Waals surface area (Å²) in [4.78, 5) is 11.1. The second-order valence-corrected chi connectivity index (χ2v) is 3.66. The molecule has 3 nitrogen and oxygen atoms in total. The van der Waals surface area contributed by atoms with E-state index in [0.29, 0.717) is 0 Å². The van der Waals surface area contributed by atoms with Crippen LogP contribution < -0.4 is 10.5 Å². The van der Waals surface area contributed by atoms with Gasteiger partial charge in [0.05, 0.1) is 4.47 Å². The molecule has 0 spiro atoms. The molecule has 1 aromatic carbocycles. The summed E-state index contributed by atoms with van der Waals surface area (Å²) in [6.07, 6.45) is 0. The minimum Gasteiger partial charge on any atom is -0.434 e. The molecule has 0 unspecified atom stereocenters. The van der Waals surface area contributed by atoms with Crippen LogP contribution in [0.4, 0.5) is 14.5 Å². The molecule has 0 heterocycles. The number of ether oxygens (including phenoxy) is 1. The number of halogens is 3. The Morgan fingerprint density at radius 3 is 2.60 bits per heavy atom. The summed E-state index contributed by atoms with van der Waals surface area (Å²) in [6, 6.07) is 2.54. The van der Waals surface area contributed by atoms with Crippen LogP contribution in [-0.4, -0.2) is 12.4 Å². The maximum atomic E-state index is 11.9. The Kier molecular flexibility index (Phi) is 3.62. The number of nitrogen functional groups attached to an aromatic ring is 1. The lowest BCUT2D eigenvalue weighted by atomic mass is 10.1. The van der Waals surface area contributed by atoms with E-state index in [-0.39, 0.29) is 27.3 Å². The number of carbonyl (C=O) groups excluding carboxylic acids is 1. The molecule has 0 aliphatic carbocycles. The van der Waals surface area contributed by atoms with Gasteiger partial charge < -0.3 is 10.5 Å². The number of rotatable bonds is 3. The van der Waals surface area contributed by atoms with Crippen molar-refractivity contribution in [1.29, 1.82) is 0 Å². The lowest BCUT2D eigenvalue weighted by Crippen LogP contribution is -2.05. The average molecular weight is 280 g/mol. The van der Waals surface area contributed by atoms with Crippen molar-refractivity contribution in [3.63, 3.8) is 0 Å². The molecule has 82 valence electrons. The number of alkyl halides is 2. The van der Waals surface area contributed by atoms with E-state index in [1.165, 1.54) is 19.1 Å². The Hall–Kier alpha value is -1.17. The summed E-state index contributed by atoms with van der Waals surface area (Å²) in [5.74, 6) is -0.329. The van der Waals surface area contributed by atoms with Gasteiger partial charge in [-0.15, -0.1) is 0 Å². The minimum absolute atomic E-state index is 0.0903. The van der Waals surface area contributed by atoms with Gasteiger partial charge in [-0.25, -0.2) is 0 Å². The monoisotopic (exact) mass is 279 g/mol. The van der Waals surface area contributed by atoms with Crippen molar-refractivity contribution in [2.75, 3.05) is 5.73 Å². The smallest absolute Gasteiger partial charge is 0.387 e. The van der Waals surface area contributed by atoms with E-state index in [9.17, 15) is 13.6 Å². The Morgan fingerprint density at radius 2 is 2.13 bits per heavy atom. The van der Waals surface area contributed by atoms with Crippen LogP contribution in [0.15, 0.2) is 16.6 Å². The van der Waals surface area contributed by atoms with Crippen molar-refractivity contribution in [1.82, 2.24) is 0 Å². The molecule has 0 saturated carbocycles. The number of Topliss-reactive ketones (excluding diaryl/α,β-unsaturated/α-hetero) is 1. The molecule has 15 heavy (non-hydrogen) atoms. The highest BCUT2D eigenvalue weighted by Gasteiger charge is 2.13.